The highest BCUT2D eigenvalue weighted by molar-refractivity contribution is 7.09. The molecule has 1 atom stereocenters. The van der Waals surface area contributed by atoms with Gasteiger partial charge in [-0.2, -0.15) is 0 Å². The Balaban J connectivity index is 1.45. The summed E-state index contributed by atoms with van der Waals surface area (Å²) in [4.78, 5) is 38.5. The topological polar surface area (TPSA) is 78.5 Å². The van der Waals surface area contributed by atoms with Crippen molar-refractivity contribution in [2.24, 2.45) is 0 Å². The molecule has 1 fully saturated rings. The van der Waals surface area contributed by atoms with Crippen molar-refractivity contribution in [3.05, 3.63) is 49.8 Å². The molecular weight excluding hydrogens is 388 g/mol. The Hall–Kier alpha value is -2.03. The number of hydrogen-bond acceptors (Lipinski definition) is 6. The van der Waals surface area contributed by atoms with Gasteiger partial charge in [0.15, 0.2) is 0 Å². The normalized spacial score (nSPS) is 19.9. The second kappa shape index (κ2) is 9.19. The molecule has 4 heterocycles. The van der Waals surface area contributed by atoms with Gasteiger partial charge in [0.05, 0.1) is 24.3 Å². The molecule has 1 amide bonds. The molecule has 4 rings (SSSR count). The van der Waals surface area contributed by atoms with E-state index < -0.39 is 0 Å². The SMILES string of the molecule is COCCC(=O)N1CCCC(c2nc3c(c(=O)[nH]2)CN(Cc2cccs2)CC3)C1. The average Bonchev–Trinajstić information content (AvgIpc) is 3.25. The molecule has 29 heavy (non-hydrogen) atoms. The number of carbonyl (C=O) groups excluding carboxylic acids is 1. The van der Waals surface area contributed by atoms with Gasteiger partial charge in [0.2, 0.25) is 5.91 Å². The van der Waals surface area contributed by atoms with E-state index in [0.29, 0.717) is 26.1 Å². The molecular formula is C21H28N4O3S. The van der Waals surface area contributed by atoms with Gasteiger partial charge in [0.1, 0.15) is 5.82 Å². The van der Waals surface area contributed by atoms with Gasteiger partial charge in [0.25, 0.3) is 5.56 Å². The molecule has 2 aromatic rings. The largest absolute Gasteiger partial charge is 0.384 e. The summed E-state index contributed by atoms with van der Waals surface area (Å²) < 4.78 is 5.02. The minimum absolute atomic E-state index is 0.0243. The molecule has 1 unspecified atom stereocenters. The van der Waals surface area contributed by atoms with Gasteiger partial charge in [-0.3, -0.25) is 14.5 Å². The number of amides is 1. The molecule has 0 spiro atoms. The maximum atomic E-state index is 12.8. The lowest BCUT2D eigenvalue weighted by Crippen LogP contribution is -2.41. The van der Waals surface area contributed by atoms with Crippen LogP contribution in [-0.4, -0.2) is 59.0 Å². The first-order valence-electron chi connectivity index (χ1n) is 10.3. The number of hydrogen-bond donors (Lipinski definition) is 1. The number of nitrogens with zero attached hydrogens (tertiary/aromatic N) is 3. The van der Waals surface area contributed by atoms with Crippen molar-refractivity contribution in [1.82, 2.24) is 19.8 Å². The van der Waals surface area contributed by atoms with Crippen molar-refractivity contribution in [2.45, 2.75) is 44.7 Å². The zero-order chi connectivity index (χ0) is 20.2. The molecule has 2 aliphatic heterocycles. The predicted octanol–water partition coefficient (Wildman–Crippen LogP) is 2.13. The highest BCUT2D eigenvalue weighted by Crippen LogP contribution is 2.26. The monoisotopic (exact) mass is 416 g/mol. The number of thiophene rings is 1. The molecule has 156 valence electrons. The van der Waals surface area contributed by atoms with Crippen molar-refractivity contribution >= 4 is 17.2 Å². The third-order valence-electron chi connectivity index (χ3n) is 5.81. The van der Waals surface area contributed by atoms with Crippen molar-refractivity contribution in [2.75, 3.05) is 33.4 Å². The molecule has 0 radical (unpaired) electrons. The highest BCUT2D eigenvalue weighted by Gasteiger charge is 2.28. The average molecular weight is 417 g/mol. The van der Waals surface area contributed by atoms with Crippen LogP contribution in [0.3, 0.4) is 0 Å². The predicted molar refractivity (Wildman–Crippen MR) is 112 cm³/mol. The lowest BCUT2D eigenvalue weighted by molar-refractivity contribution is -0.133. The van der Waals surface area contributed by atoms with E-state index in [4.69, 9.17) is 9.72 Å². The van der Waals surface area contributed by atoms with Crippen LogP contribution in [0.25, 0.3) is 0 Å². The summed E-state index contributed by atoms with van der Waals surface area (Å²) in [7, 11) is 1.61. The van der Waals surface area contributed by atoms with Crippen LogP contribution in [-0.2, 0) is 29.0 Å². The van der Waals surface area contributed by atoms with Gasteiger partial charge in [-0.15, -0.1) is 11.3 Å². The van der Waals surface area contributed by atoms with Gasteiger partial charge in [-0.1, -0.05) is 6.07 Å². The van der Waals surface area contributed by atoms with Gasteiger partial charge in [0, 0.05) is 57.0 Å². The van der Waals surface area contributed by atoms with Crippen LogP contribution in [0.1, 0.15) is 47.1 Å². The Kier molecular flexibility index (Phi) is 6.42. The number of nitrogens with one attached hydrogen (secondary N) is 1. The van der Waals surface area contributed by atoms with E-state index in [2.05, 4.69) is 27.4 Å². The Morgan fingerprint density at radius 1 is 1.41 bits per heavy atom. The van der Waals surface area contributed by atoms with Crippen LogP contribution < -0.4 is 5.56 Å². The minimum atomic E-state index is -0.0243. The Labute approximate surface area is 174 Å². The molecule has 7 nitrogen and oxygen atoms in total. The van der Waals surface area contributed by atoms with Gasteiger partial charge in [-0.05, 0) is 24.3 Å². The van der Waals surface area contributed by atoms with E-state index in [1.165, 1.54) is 4.88 Å². The molecule has 1 saturated heterocycles. The molecule has 0 aromatic carbocycles. The second-order valence-electron chi connectivity index (χ2n) is 7.84. The Morgan fingerprint density at radius 2 is 2.31 bits per heavy atom. The van der Waals surface area contributed by atoms with Crippen LogP contribution in [0.5, 0.6) is 0 Å². The van der Waals surface area contributed by atoms with E-state index in [9.17, 15) is 9.59 Å². The fourth-order valence-electron chi connectivity index (χ4n) is 4.23. The summed E-state index contributed by atoms with van der Waals surface area (Å²) >= 11 is 1.75. The first-order valence-corrected chi connectivity index (χ1v) is 11.2. The number of aromatic amines is 1. The van der Waals surface area contributed by atoms with Crippen LogP contribution in [0, 0.1) is 0 Å². The van der Waals surface area contributed by atoms with Crippen molar-refractivity contribution in [3.63, 3.8) is 0 Å². The fraction of sp³-hybridized carbons (Fsp3) is 0.571. The highest BCUT2D eigenvalue weighted by atomic mass is 32.1. The molecule has 2 aromatic heterocycles. The molecule has 1 N–H and O–H groups in total. The number of aromatic nitrogens is 2. The Bertz CT molecular complexity index is 896. The van der Waals surface area contributed by atoms with E-state index in [0.717, 1.165) is 56.0 Å². The van der Waals surface area contributed by atoms with Crippen LogP contribution in [0.4, 0.5) is 0 Å². The van der Waals surface area contributed by atoms with E-state index >= 15 is 0 Å². The standard InChI is InChI=1S/C21H28N4O3S/c1-28-10-7-19(26)25-8-2-4-15(12-25)20-22-18-6-9-24(13-16-5-3-11-29-16)14-17(18)21(27)23-20/h3,5,11,15H,2,4,6-10,12-14H2,1H3,(H,22,23,27). The van der Waals surface area contributed by atoms with Crippen molar-refractivity contribution in [1.29, 1.82) is 0 Å². The van der Waals surface area contributed by atoms with Crippen LogP contribution in [0.15, 0.2) is 22.3 Å². The molecule has 0 aliphatic carbocycles. The number of H-pyrrole nitrogens is 1. The first kappa shape index (κ1) is 20.3. The van der Waals surface area contributed by atoms with E-state index in [1.54, 1.807) is 18.4 Å². The number of piperidine rings is 1. The Morgan fingerprint density at radius 3 is 3.10 bits per heavy atom. The number of likely N-dealkylation sites (tertiary alicyclic amines) is 1. The van der Waals surface area contributed by atoms with Gasteiger partial charge >= 0.3 is 0 Å². The summed E-state index contributed by atoms with van der Waals surface area (Å²) in [6.45, 7) is 4.26. The quantitative estimate of drug-likeness (QED) is 0.781. The zero-order valence-corrected chi connectivity index (χ0v) is 17.7. The summed E-state index contributed by atoms with van der Waals surface area (Å²) in [5, 5.41) is 2.08. The second-order valence-corrected chi connectivity index (χ2v) is 8.87. The zero-order valence-electron chi connectivity index (χ0n) is 16.9. The maximum absolute atomic E-state index is 12.8. The lowest BCUT2D eigenvalue weighted by Gasteiger charge is -2.33. The smallest absolute Gasteiger partial charge is 0.255 e. The number of fused-ring (bicyclic) bond motifs is 1. The first-order chi connectivity index (χ1) is 14.1. The van der Waals surface area contributed by atoms with Crippen LogP contribution >= 0.6 is 11.3 Å². The van der Waals surface area contributed by atoms with Crippen LogP contribution in [0.2, 0.25) is 0 Å². The molecule has 8 heteroatoms. The summed E-state index contributed by atoms with van der Waals surface area (Å²) in [6.07, 6.45) is 3.07. The number of carbonyl (C=O) groups is 1. The molecule has 2 aliphatic rings. The maximum Gasteiger partial charge on any atom is 0.255 e. The third kappa shape index (κ3) is 4.76. The molecule has 0 saturated carbocycles. The van der Waals surface area contributed by atoms with E-state index in [1.807, 2.05) is 4.90 Å². The third-order valence-corrected chi connectivity index (χ3v) is 6.67. The summed E-state index contributed by atoms with van der Waals surface area (Å²) in [5.74, 6) is 0.947. The number of rotatable bonds is 6. The van der Waals surface area contributed by atoms with Crippen molar-refractivity contribution in [3.8, 4) is 0 Å². The lowest BCUT2D eigenvalue weighted by atomic mass is 9.96. The minimum Gasteiger partial charge on any atom is -0.384 e. The van der Waals surface area contributed by atoms with E-state index in [-0.39, 0.29) is 17.4 Å². The summed E-state index contributed by atoms with van der Waals surface area (Å²) in [6, 6.07) is 4.19. The van der Waals surface area contributed by atoms with Gasteiger partial charge in [-0.25, -0.2) is 4.98 Å². The molecule has 0 bridgehead atoms. The number of methoxy groups -OCH3 is 1. The number of ether oxygens (including phenoxy) is 1. The fourth-order valence-corrected chi connectivity index (χ4v) is 4.97. The van der Waals surface area contributed by atoms with Crippen molar-refractivity contribution < 1.29 is 9.53 Å². The van der Waals surface area contributed by atoms with Gasteiger partial charge < -0.3 is 14.6 Å². The summed E-state index contributed by atoms with van der Waals surface area (Å²) in [5.41, 5.74) is 1.69.